The smallest absolute Gasteiger partial charge is 0.243 e. The first-order valence-electron chi connectivity index (χ1n) is 10.3. The lowest BCUT2D eigenvalue weighted by Crippen LogP contribution is -2.43. The van der Waals surface area contributed by atoms with Crippen molar-refractivity contribution in [1.29, 1.82) is 0 Å². The van der Waals surface area contributed by atoms with Crippen LogP contribution in [0.4, 0.5) is 0 Å². The molecular formula is C23H28N2O3S. The summed E-state index contributed by atoms with van der Waals surface area (Å²) >= 11 is 0. The first kappa shape index (κ1) is 20.1. The average Bonchev–Trinajstić information content (AvgIpc) is 3.13. The van der Waals surface area contributed by atoms with Crippen LogP contribution >= 0.6 is 0 Å². The fourth-order valence-corrected chi connectivity index (χ4v) is 5.93. The number of carbonyl (C=O) groups is 1. The van der Waals surface area contributed by atoms with Crippen LogP contribution in [0.25, 0.3) is 0 Å². The van der Waals surface area contributed by atoms with Crippen LogP contribution in [0.2, 0.25) is 0 Å². The van der Waals surface area contributed by atoms with E-state index in [1.807, 2.05) is 32.0 Å². The molecule has 2 aromatic rings. The summed E-state index contributed by atoms with van der Waals surface area (Å²) in [6, 6.07) is 13.6. The Kier molecular flexibility index (Phi) is 5.49. The minimum atomic E-state index is -3.51. The Morgan fingerprint density at radius 1 is 1.00 bits per heavy atom. The number of aryl methyl sites for hydroxylation is 3. The van der Waals surface area contributed by atoms with E-state index in [4.69, 9.17) is 0 Å². The Morgan fingerprint density at radius 3 is 2.45 bits per heavy atom. The van der Waals surface area contributed by atoms with Crippen molar-refractivity contribution in [3.05, 3.63) is 64.7 Å². The van der Waals surface area contributed by atoms with Crippen LogP contribution in [-0.2, 0) is 21.2 Å². The molecular weight excluding hydrogens is 384 g/mol. The van der Waals surface area contributed by atoms with Crippen molar-refractivity contribution >= 4 is 15.9 Å². The van der Waals surface area contributed by atoms with E-state index in [1.54, 1.807) is 12.1 Å². The molecule has 1 heterocycles. The highest BCUT2D eigenvalue weighted by atomic mass is 32.2. The molecule has 154 valence electrons. The van der Waals surface area contributed by atoms with Crippen molar-refractivity contribution in [2.45, 2.75) is 50.5 Å². The molecule has 1 unspecified atom stereocenters. The van der Waals surface area contributed by atoms with Gasteiger partial charge in [-0.05, 0) is 73.9 Å². The van der Waals surface area contributed by atoms with Crippen molar-refractivity contribution < 1.29 is 13.2 Å². The van der Waals surface area contributed by atoms with Crippen LogP contribution in [0.5, 0.6) is 0 Å². The standard InChI is InChI=1S/C23H28N2O3S/c1-16-7-9-20(15-17(16)2)29(27,28)25-13-11-19(12-14-25)23(26)24-22-10-8-18-5-3-4-6-21(18)22/h3-7,9,15,19,22H,8,10-14H2,1-2H3,(H,24,26). The summed E-state index contributed by atoms with van der Waals surface area (Å²) in [6.45, 7) is 4.66. The van der Waals surface area contributed by atoms with E-state index < -0.39 is 10.0 Å². The van der Waals surface area contributed by atoms with Crippen LogP contribution in [0.15, 0.2) is 47.4 Å². The monoisotopic (exact) mass is 412 g/mol. The molecule has 1 aliphatic carbocycles. The molecule has 1 amide bonds. The van der Waals surface area contributed by atoms with Gasteiger partial charge >= 0.3 is 0 Å². The predicted octanol–water partition coefficient (Wildman–Crippen LogP) is 3.51. The lowest BCUT2D eigenvalue weighted by molar-refractivity contribution is -0.126. The number of carbonyl (C=O) groups excluding carboxylic acids is 1. The number of hydrogen-bond donors (Lipinski definition) is 1. The number of rotatable bonds is 4. The average molecular weight is 413 g/mol. The van der Waals surface area contributed by atoms with Gasteiger partial charge in [-0.15, -0.1) is 0 Å². The normalized spacial score (nSPS) is 20.4. The van der Waals surface area contributed by atoms with Gasteiger partial charge in [0.1, 0.15) is 0 Å². The molecule has 0 spiro atoms. The Bertz CT molecular complexity index is 1020. The summed E-state index contributed by atoms with van der Waals surface area (Å²) < 4.78 is 27.5. The lowest BCUT2D eigenvalue weighted by Gasteiger charge is -2.31. The van der Waals surface area contributed by atoms with Crippen molar-refractivity contribution in [2.24, 2.45) is 5.92 Å². The second-order valence-corrected chi connectivity index (χ2v) is 10.2. The molecule has 0 radical (unpaired) electrons. The highest BCUT2D eigenvalue weighted by Crippen LogP contribution is 2.32. The highest BCUT2D eigenvalue weighted by molar-refractivity contribution is 7.89. The summed E-state index contributed by atoms with van der Waals surface area (Å²) in [5.74, 6) is -0.0797. The molecule has 1 atom stereocenters. The summed E-state index contributed by atoms with van der Waals surface area (Å²) in [5.41, 5.74) is 4.58. The zero-order valence-corrected chi connectivity index (χ0v) is 17.8. The van der Waals surface area contributed by atoms with E-state index in [1.165, 1.54) is 15.4 Å². The quantitative estimate of drug-likeness (QED) is 0.836. The maximum atomic E-state index is 13.0. The van der Waals surface area contributed by atoms with Crippen LogP contribution in [0, 0.1) is 19.8 Å². The zero-order valence-electron chi connectivity index (χ0n) is 17.0. The molecule has 5 nitrogen and oxygen atoms in total. The molecule has 1 aliphatic heterocycles. The van der Waals surface area contributed by atoms with Gasteiger partial charge in [-0.1, -0.05) is 30.3 Å². The number of benzene rings is 2. The first-order valence-corrected chi connectivity index (χ1v) is 11.8. The van der Waals surface area contributed by atoms with Crippen molar-refractivity contribution in [3.63, 3.8) is 0 Å². The van der Waals surface area contributed by atoms with Gasteiger partial charge < -0.3 is 5.32 Å². The molecule has 1 saturated heterocycles. The molecule has 0 bridgehead atoms. The van der Waals surface area contributed by atoms with Gasteiger partial charge in [-0.25, -0.2) is 8.42 Å². The maximum Gasteiger partial charge on any atom is 0.243 e. The Hall–Kier alpha value is -2.18. The third-order valence-electron chi connectivity index (χ3n) is 6.39. The molecule has 29 heavy (non-hydrogen) atoms. The maximum absolute atomic E-state index is 13.0. The number of hydrogen-bond acceptors (Lipinski definition) is 3. The van der Waals surface area contributed by atoms with Crippen LogP contribution in [-0.4, -0.2) is 31.7 Å². The van der Waals surface area contributed by atoms with E-state index in [0.29, 0.717) is 30.8 Å². The Morgan fingerprint density at radius 2 is 1.72 bits per heavy atom. The Labute approximate surface area is 173 Å². The molecule has 2 aromatic carbocycles. The van der Waals surface area contributed by atoms with Crippen molar-refractivity contribution in [3.8, 4) is 0 Å². The largest absolute Gasteiger partial charge is 0.349 e. The fourth-order valence-electron chi connectivity index (χ4n) is 4.38. The second kappa shape index (κ2) is 7.92. The second-order valence-electron chi connectivity index (χ2n) is 8.22. The lowest BCUT2D eigenvalue weighted by atomic mass is 9.96. The van der Waals surface area contributed by atoms with E-state index in [-0.39, 0.29) is 17.9 Å². The van der Waals surface area contributed by atoms with Gasteiger partial charge in [0.05, 0.1) is 10.9 Å². The summed E-state index contributed by atoms with van der Waals surface area (Å²) in [6.07, 6.45) is 3.05. The highest BCUT2D eigenvalue weighted by Gasteiger charge is 2.33. The Balaban J connectivity index is 1.38. The topological polar surface area (TPSA) is 66.5 Å². The van der Waals surface area contributed by atoms with Gasteiger partial charge in [-0.3, -0.25) is 4.79 Å². The fraction of sp³-hybridized carbons (Fsp3) is 0.435. The third-order valence-corrected chi connectivity index (χ3v) is 8.28. The molecule has 6 heteroatoms. The minimum Gasteiger partial charge on any atom is -0.349 e. The number of piperidine rings is 1. The molecule has 4 rings (SSSR count). The summed E-state index contributed by atoms with van der Waals surface area (Å²) in [5, 5.41) is 3.20. The number of fused-ring (bicyclic) bond motifs is 1. The SMILES string of the molecule is Cc1ccc(S(=O)(=O)N2CCC(C(=O)NC3CCc4ccccc43)CC2)cc1C. The number of sulfonamides is 1. The van der Waals surface area contributed by atoms with Gasteiger partial charge in [0, 0.05) is 19.0 Å². The van der Waals surface area contributed by atoms with E-state index in [9.17, 15) is 13.2 Å². The van der Waals surface area contributed by atoms with Crippen LogP contribution in [0.1, 0.15) is 47.6 Å². The van der Waals surface area contributed by atoms with E-state index >= 15 is 0 Å². The molecule has 1 N–H and O–H groups in total. The first-order chi connectivity index (χ1) is 13.9. The van der Waals surface area contributed by atoms with Gasteiger partial charge in [0.15, 0.2) is 0 Å². The van der Waals surface area contributed by atoms with Crippen molar-refractivity contribution in [1.82, 2.24) is 9.62 Å². The predicted molar refractivity (Wildman–Crippen MR) is 113 cm³/mol. The van der Waals surface area contributed by atoms with Crippen LogP contribution in [0.3, 0.4) is 0 Å². The zero-order chi connectivity index (χ0) is 20.6. The number of amides is 1. The van der Waals surface area contributed by atoms with E-state index in [0.717, 1.165) is 24.0 Å². The molecule has 0 saturated carbocycles. The molecule has 2 aliphatic rings. The van der Waals surface area contributed by atoms with Crippen molar-refractivity contribution in [2.75, 3.05) is 13.1 Å². The molecule has 1 fully saturated rings. The minimum absolute atomic E-state index is 0.0509. The number of nitrogens with one attached hydrogen (secondary N) is 1. The summed E-state index contributed by atoms with van der Waals surface area (Å²) in [7, 11) is -3.51. The third kappa shape index (κ3) is 3.96. The number of nitrogens with zero attached hydrogens (tertiary/aromatic N) is 1. The molecule has 0 aromatic heterocycles. The summed E-state index contributed by atoms with van der Waals surface area (Å²) in [4.78, 5) is 13.1. The van der Waals surface area contributed by atoms with E-state index in [2.05, 4.69) is 17.4 Å². The van der Waals surface area contributed by atoms with Gasteiger partial charge in [0.25, 0.3) is 0 Å². The van der Waals surface area contributed by atoms with Crippen LogP contribution < -0.4 is 5.32 Å². The van der Waals surface area contributed by atoms with Gasteiger partial charge in [0.2, 0.25) is 15.9 Å². The van der Waals surface area contributed by atoms with Gasteiger partial charge in [-0.2, -0.15) is 4.31 Å².